The van der Waals surface area contributed by atoms with Gasteiger partial charge in [0.25, 0.3) is 0 Å². The van der Waals surface area contributed by atoms with Crippen molar-refractivity contribution in [1.29, 1.82) is 0 Å². The van der Waals surface area contributed by atoms with Crippen LogP contribution in [0.4, 0.5) is 11.4 Å². The summed E-state index contributed by atoms with van der Waals surface area (Å²) in [5.74, 6) is 2.55. The van der Waals surface area contributed by atoms with E-state index in [2.05, 4.69) is 65.2 Å². The summed E-state index contributed by atoms with van der Waals surface area (Å²) >= 11 is 0. The fourth-order valence-electron chi connectivity index (χ4n) is 7.66. The summed E-state index contributed by atoms with van der Waals surface area (Å²) in [7, 11) is 6.70. The van der Waals surface area contributed by atoms with Crippen LogP contribution in [-0.4, -0.2) is 38.4 Å². The second-order valence-corrected chi connectivity index (χ2v) is 12.5. The number of rotatable bonds is 8. The van der Waals surface area contributed by atoms with Crippen molar-refractivity contribution < 1.29 is 18.9 Å². The Morgan fingerprint density at radius 3 is 1.67 bits per heavy atom. The second kappa shape index (κ2) is 12.5. The van der Waals surface area contributed by atoms with Crippen LogP contribution in [-0.2, 0) is 0 Å². The highest BCUT2D eigenvalue weighted by molar-refractivity contribution is 6.18. The highest BCUT2D eigenvalue weighted by Gasteiger charge is 2.29. The van der Waals surface area contributed by atoms with Crippen LogP contribution in [0.3, 0.4) is 0 Å². The van der Waals surface area contributed by atoms with E-state index in [-0.39, 0.29) is 0 Å². The van der Waals surface area contributed by atoms with Crippen LogP contribution in [0.2, 0.25) is 0 Å². The van der Waals surface area contributed by atoms with Crippen molar-refractivity contribution in [3.63, 3.8) is 0 Å². The lowest BCUT2D eigenvalue weighted by Crippen LogP contribution is -2.09. The monoisotopic (exact) mass is 682 g/mol. The molecule has 5 aromatic carbocycles. The number of hydrogen-bond acceptors (Lipinski definition) is 8. The first-order chi connectivity index (χ1) is 25.6. The Bertz CT molecular complexity index is 2600. The molecule has 2 N–H and O–H groups in total. The number of hydrogen-bond donors (Lipinski definition) is 2. The molecule has 8 heteroatoms. The van der Waals surface area contributed by atoms with Gasteiger partial charge in [0.05, 0.1) is 51.2 Å². The number of nitrogens with zero attached hydrogens (tertiary/aromatic N) is 2. The van der Waals surface area contributed by atoms with Crippen LogP contribution in [0.15, 0.2) is 116 Å². The third-order valence-corrected chi connectivity index (χ3v) is 9.90. The van der Waals surface area contributed by atoms with Gasteiger partial charge >= 0.3 is 0 Å². The summed E-state index contributed by atoms with van der Waals surface area (Å²) in [5.41, 5.74) is 11.2. The maximum Gasteiger partial charge on any atom is 0.185 e. The zero-order chi connectivity index (χ0) is 35.3. The predicted molar refractivity (Wildman–Crippen MR) is 209 cm³/mol. The zero-order valence-corrected chi connectivity index (χ0v) is 29.1. The molecule has 0 saturated carbocycles. The first-order valence-corrected chi connectivity index (χ1v) is 17.0. The fourth-order valence-corrected chi connectivity index (χ4v) is 7.66. The quantitative estimate of drug-likeness (QED) is 0.164. The van der Waals surface area contributed by atoms with Crippen LogP contribution >= 0.6 is 0 Å². The average molecular weight is 683 g/mol. The molecule has 7 aromatic rings. The molecule has 8 nitrogen and oxygen atoms in total. The molecule has 0 aliphatic carbocycles. The molecule has 0 amide bonds. The van der Waals surface area contributed by atoms with Gasteiger partial charge in [-0.3, -0.25) is 9.97 Å². The second-order valence-electron chi connectivity index (χ2n) is 12.5. The molecular formula is C44H34N4O4. The maximum atomic E-state index is 6.09. The van der Waals surface area contributed by atoms with E-state index >= 15 is 0 Å². The number of methoxy groups -OCH3 is 4. The number of nitrogens with one attached hydrogen (secondary N) is 2. The van der Waals surface area contributed by atoms with E-state index in [4.69, 9.17) is 28.9 Å². The van der Waals surface area contributed by atoms with Crippen molar-refractivity contribution in [3.8, 4) is 45.3 Å². The fraction of sp³-hybridized carbons (Fsp3) is 0.0909. The number of aromatic nitrogens is 2. The van der Waals surface area contributed by atoms with Gasteiger partial charge in [-0.2, -0.15) is 0 Å². The normalized spacial score (nSPS) is 12.8. The van der Waals surface area contributed by atoms with Crippen molar-refractivity contribution in [2.75, 3.05) is 39.1 Å². The lowest BCUT2D eigenvalue weighted by Gasteiger charge is -2.26. The highest BCUT2D eigenvalue weighted by Crippen LogP contribution is 2.54. The number of pyridine rings is 2. The molecule has 0 spiro atoms. The van der Waals surface area contributed by atoms with Crippen LogP contribution < -0.4 is 29.6 Å². The smallest absolute Gasteiger partial charge is 0.185 e. The third kappa shape index (κ3) is 4.68. The van der Waals surface area contributed by atoms with Gasteiger partial charge < -0.3 is 29.6 Å². The molecule has 2 aliphatic rings. The molecule has 9 rings (SSSR count). The molecule has 4 heterocycles. The summed E-state index contributed by atoms with van der Waals surface area (Å²) in [6.07, 6.45) is 7.79. The maximum absolute atomic E-state index is 6.09. The van der Waals surface area contributed by atoms with E-state index in [1.807, 2.05) is 67.1 Å². The molecule has 52 heavy (non-hydrogen) atoms. The number of ether oxygens (including phenoxy) is 4. The number of benzene rings is 5. The SMILES string of the molecule is COc1c(OC)c2c3c(nccc3c1-c1ccccc1)C=C(c1ccc(-c3c(OC)c(OC)c4c5c(nccc35)C(c3ccccc3)=CN4)cc1)N2. The standard InChI is InChI=1S/C44H34N4O4/c1-49-41-35(30-20-22-46-38-31(25-11-7-5-8-12-25)24-47-39(37(30)38)43(41)51-3)28-17-15-26(16-18-28)32-23-33-36-29(19-21-45-33)34(27-13-9-6-10-14-27)42(50-2)44(52-4)40(36)48-32/h5-24,47-48H,1-4H3. The molecule has 2 aliphatic heterocycles. The average Bonchev–Trinajstić information content (AvgIpc) is 3.21. The van der Waals surface area contributed by atoms with Crippen LogP contribution in [0.25, 0.3) is 61.1 Å². The van der Waals surface area contributed by atoms with Crippen molar-refractivity contribution in [2.24, 2.45) is 0 Å². The third-order valence-electron chi connectivity index (χ3n) is 9.90. The van der Waals surface area contributed by atoms with Crippen molar-refractivity contribution in [3.05, 3.63) is 138 Å². The lowest BCUT2D eigenvalue weighted by atomic mass is 9.89. The summed E-state index contributed by atoms with van der Waals surface area (Å²) in [6.45, 7) is 0. The van der Waals surface area contributed by atoms with Gasteiger partial charge in [0.1, 0.15) is 0 Å². The number of anilines is 2. The van der Waals surface area contributed by atoms with Gasteiger partial charge in [0.2, 0.25) is 0 Å². The van der Waals surface area contributed by atoms with Gasteiger partial charge in [0, 0.05) is 51.8 Å². The van der Waals surface area contributed by atoms with Gasteiger partial charge in [0.15, 0.2) is 23.0 Å². The summed E-state index contributed by atoms with van der Waals surface area (Å²) in [5, 5.41) is 11.2. The van der Waals surface area contributed by atoms with Gasteiger partial charge in [-0.15, -0.1) is 0 Å². The van der Waals surface area contributed by atoms with Crippen molar-refractivity contribution in [1.82, 2.24) is 9.97 Å². The Morgan fingerprint density at radius 1 is 0.500 bits per heavy atom. The molecule has 254 valence electrons. The lowest BCUT2D eigenvalue weighted by molar-refractivity contribution is 0.358. The molecular weight excluding hydrogens is 649 g/mol. The van der Waals surface area contributed by atoms with E-state index in [1.165, 1.54) is 0 Å². The van der Waals surface area contributed by atoms with E-state index < -0.39 is 0 Å². The molecule has 0 bridgehead atoms. The minimum absolute atomic E-state index is 0.620. The molecule has 0 radical (unpaired) electrons. The Kier molecular flexibility index (Phi) is 7.51. The Morgan fingerprint density at radius 2 is 1.04 bits per heavy atom. The Labute approximate surface area is 301 Å². The van der Waals surface area contributed by atoms with Gasteiger partial charge in [-0.05, 0) is 51.2 Å². The summed E-state index contributed by atoms with van der Waals surface area (Å²) in [6, 6.07) is 33.0. The zero-order valence-electron chi connectivity index (χ0n) is 29.1. The summed E-state index contributed by atoms with van der Waals surface area (Å²) < 4.78 is 24.2. The molecule has 0 unspecified atom stereocenters. The van der Waals surface area contributed by atoms with Crippen molar-refractivity contribution >= 4 is 50.3 Å². The first kappa shape index (κ1) is 31.2. The van der Waals surface area contributed by atoms with E-state index in [9.17, 15) is 0 Å². The summed E-state index contributed by atoms with van der Waals surface area (Å²) in [4.78, 5) is 9.69. The molecule has 0 saturated heterocycles. The van der Waals surface area contributed by atoms with Crippen LogP contribution in [0, 0.1) is 0 Å². The molecule has 0 fully saturated rings. The van der Waals surface area contributed by atoms with E-state index in [0.717, 1.165) is 89.0 Å². The molecule has 0 atom stereocenters. The predicted octanol–water partition coefficient (Wildman–Crippen LogP) is 9.89. The van der Waals surface area contributed by atoms with E-state index in [1.54, 1.807) is 28.4 Å². The van der Waals surface area contributed by atoms with Crippen molar-refractivity contribution in [2.45, 2.75) is 0 Å². The van der Waals surface area contributed by atoms with Crippen LogP contribution in [0.1, 0.15) is 22.5 Å². The van der Waals surface area contributed by atoms with E-state index in [0.29, 0.717) is 23.0 Å². The van der Waals surface area contributed by atoms with Crippen LogP contribution in [0.5, 0.6) is 23.0 Å². The molecule has 2 aromatic heterocycles. The Balaban J connectivity index is 1.18. The largest absolute Gasteiger partial charge is 0.492 e. The minimum atomic E-state index is 0.620. The van der Waals surface area contributed by atoms with Gasteiger partial charge in [-0.25, -0.2) is 0 Å². The highest BCUT2D eigenvalue weighted by atomic mass is 16.5. The topological polar surface area (TPSA) is 86.8 Å². The Hall–Kier alpha value is -6.80. The van der Waals surface area contributed by atoms with Gasteiger partial charge in [-0.1, -0.05) is 84.9 Å². The first-order valence-electron chi connectivity index (χ1n) is 17.0. The minimum Gasteiger partial charge on any atom is -0.492 e.